The van der Waals surface area contributed by atoms with Gasteiger partial charge in [0.1, 0.15) is 5.82 Å². The van der Waals surface area contributed by atoms with Crippen molar-refractivity contribution in [2.75, 3.05) is 23.9 Å². The van der Waals surface area contributed by atoms with E-state index < -0.39 is 0 Å². The zero-order chi connectivity index (χ0) is 13.7. The van der Waals surface area contributed by atoms with Crippen molar-refractivity contribution in [3.63, 3.8) is 0 Å². The van der Waals surface area contributed by atoms with Gasteiger partial charge in [-0.05, 0) is 42.7 Å². The van der Waals surface area contributed by atoms with Crippen LogP contribution in [0, 0.1) is 0 Å². The van der Waals surface area contributed by atoms with Gasteiger partial charge >= 0.3 is 0 Å². The molecule has 2 rings (SSSR count). The van der Waals surface area contributed by atoms with E-state index in [4.69, 9.17) is 0 Å². The summed E-state index contributed by atoms with van der Waals surface area (Å²) in [4.78, 5) is 17.3. The van der Waals surface area contributed by atoms with Crippen molar-refractivity contribution < 1.29 is 4.79 Å². The summed E-state index contributed by atoms with van der Waals surface area (Å²) < 4.78 is 0. The van der Waals surface area contributed by atoms with E-state index in [1.54, 1.807) is 37.1 Å². The number of benzene rings is 1. The van der Waals surface area contributed by atoms with Crippen molar-refractivity contribution in [2.24, 2.45) is 0 Å². The van der Waals surface area contributed by atoms with Gasteiger partial charge in [-0.25, -0.2) is 4.98 Å². The first kappa shape index (κ1) is 13.4. The van der Waals surface area contributed by atoms with Crippen LogP contribution in [0.15, 0.2) is 47.5 Å². The van der Waals surface area contributed by atoms with Crippen LogP contribution in [0.25, 0.3) is 0 Å². The number of anilines is 2. The van der Waals surface area contributed by atoms with Crippen molar-refractivity contribution in [1.82, 2.24) is 4.98 Å². The third kappa shape index (κ3) is 3.48. The molecule has 19 heavy (non-hydrogen) atoms. The first-order valence-electron chi connectivity index (χ1n) is 5.82. The number of hydrogen-bond acceptors (Lipinski definition) is 4. The minimum atomic E-state index is -0.160. The smallest absolute Gasteiger partial charge is 0.257 e. The zero-order valence-electron chi connectivity index (χ0n) is 10.8. The van der Waals surface area contributed by atoms with E-state index in [0.29, 0.717) is 5.56 Å². The van der Waals surface area contributed by atoms with Crippen molar-refractivity contribution >= 4 is 29.2 Å². The predicted molar refractivity (Wildman–Crippen MR) is 80.0 cm³/mol. The van der Waals surface area contributed by atoms with Gasteiger partial charge in [-0.2, -0.15) is 0 Å². The Bertz CT molecular complexity index is 552. The fourth-order valence-corrected chi connectivity index (χ4v) is 1.96. The van der Waals surface area contributed by atoms with Gasteiger partial charge in [0.2, 0.25) is 0 Å². The van der Waals surface area contributed by atoms with E-state index in [1.165, 1.54) is 0 Å². The molecule has 2 N–H and O–H groups in total. The Labute approximate surface area is 116 Å². The van der Waals surface area contributed by atoms with Crippen LogP contribution >= 0.6 is 11.8 Å². The molecule has 0 aliphatic heterocycles. The SMILES string of the molecule is CNc1ccc(C(=O)Nc2ccc(SC)cc2)cn1. The van der Waals surface area contributed by atoms with Gasteiger partial charge in [0.05, 0.1) is 5.56 Å². The second kappa shape index (κ2) is 6.24. The summed E-state index contributed by atoms with van der Waals surface area (Å²) in [7, 11) is 1.79. The molecule has 0 saturated carbocycles. The van der Waals surface area contributed by atoms with Gasteiger partial charge in [-0.15, -0.1) is 11.8 Å². The van der Waals surface area contributed by atoms with Crippen LogP contribution in [-0.2, 0) is 0 Å². The maximum Gasteiger partial charge on any atom is 0.257 e. The summed E-state index contributed by atoms with van der Waals surface area (Å²) in [5.41, 5.74) is 1.31. The van der Waals surface area contributed by atoms with Gasteiger partial charge in [-0.1, -0.05) is 0 Å². The molecule has 0 aliphatic rings. The zero-order valence-corrected chi connectivity index (χ0v) is 11.6. The Morgan fingerprint density at radius 1 is 1.16 bits per heavy atom. The number of pyridine rings is 1. The van der Waals surface area contributed by atoms with Crippen LogP contribution in [0.1, 0.15) is 10.4 Å². The van der Waals surface area contributed by atoms with Crippen LogP contribution in [0.3, 0.4) is 0 Å². The van der Waals surface area contributed by atoms with Crippen molar-refractivity contribution in [3.05, 3.63) is 48.2 Å². The average Bonchev–Trinajstić information content (AvgIpc) is 2.48. The molecule has 0 fully saturated rings. The predicted octanol–water partition coefficient (Wildman–Crippen LogP) is 3.10. The molecule has 0 bridgehead atoms. The van der Waals surface area contributed by atoms with Crippen molar-refractivity contribution in [3.8, 4) is 0 Å². The average molecular weight is 273 g/mol. The molecular formula is C14H15N3OS. The fraction of sp³-hybridized carbons (Fsp3) is 0.143. The lowest BCUT2D eigenvalue weighted by Crippen LogP contribution is -2.12. The summed E-state index contributed by atoms with van der Waals surface area (Å²) in [6.07, 6.45) is 3.57. The maximum absolute atomic E-state index is 12.0. The van der Waals surface area contributed by atoms with Crippen molar-refractivity contribution in [2.45, 2.75) is 4.90 Å². The Morgan fingerprint density at radius 2 is 1.89 bits per heavy atom. The number of carbonyl (C=O) groups is 1. The monoisotopic (exact) mass is 273 g/mol. The first-order chi connectivity index (χ1) is 9.22. The number of aromatic nitrogens is 1. The summed E-state index contributed by atoms with van der Waals surface area (Å²) in [5, 5.41) is 5.75. The van der Waals surface area contributed by atoms with Crippen LogP contribution in [0.2, 0.25) is 0 Å². The molecule has 1 aromatic heterocycles. The highest BCUT2D eigenvalue weighted by Crippen LogP contribution is 2.18. The molecule has 0 unspecified atom stereocenters. The van der Waals surface area contributed by atoms with Gasteiger partial charge < -0.3 is 10.6 Å². The Balaban J connectivity index is 2.06. The third-order valence-electron chi connectivity index (χ3n) is 2.63. The first-order valence-corrected chi connectivity index (χ1v) is 7.04. The number of carbonyl (C=O) groups excluding carboxylic acids is 1. The van der Waals surface area contributed by atoms with Crippen LogP contribution in [-0.4, -0.2) is 24.2 Å². The number of nitrogens with one attached hydrogen (secondary N) is 2. The lowest BCUT2D eigenvalue weighted by molar-refractivity contribution is 0.102. The minimum Gasteiger partial charge on any atom is -0.373 e. The van der Waals surface area contributed by atoms with Crippen LogP contribution in [0.5, 0.6) is 0 Å². The van der Waals surface area contributed by atoms with Crippen LogP contribution < -0.4 is 10.6 Å². The van der Waals surface area contributed by atoms with Gasteiger partial charge in [0.15, 0.2) is 0 Å². The third-order valence-corrected chi connectivity index (χ3v) is 3.37. The standard InChI is InChI=1S/C14H15N3OS/c1-15-13-8-3-10(9-16-13)14(18)17-11-4-6-12(19-2)7-5-11/h3-9H,1-2H3,(H,15,16)(H,17,18). The van der Waals surface area contributed by atoms with Crippen molar-refractivity contribution in [1.29, 1.82) is 0 Å². The van der Waals surface area contributed by atoms with Gasteiger partial charge in [0, 0.05) is 23.8 Å². The normalized spacial score (nSPS) is 10.0. The Kier molecular flexibility index (Phi) is 4.41. The summed E-state index contributed by atoms with van der Waals surface area (Å²) in [6.45, 7) is 0. The number of hydrogen-bond donors (Lipinski definition) is 2. The fourth-order valence-electron chi connectivity index (χ4n) is 1.55. The number of thioether (sulfide) groups is 1. The highest BCUT2D eigenvalue weighted by molar-refractivity contribution is 7.98. The molecule has 1 aromatic carbocycles. The topological polar surface area (TPSA) is 54.0 Å². The molecule has 2 aromatic rings. The van der Waals surface area contributed by atoms with E-state index in [2.05, 4.69) is 15.6 Å². The Morgan fingerprint density at radius 3 is 2.42 bits per heavy atom. The molecule has 0 radical (unpaired) electrons. The lowest BCUT2D eigenvalue weighted by Gasteiger charge is -2.06. The molecule has 0 saturated heterocycles. The molecule has 0 spiro atoms. The van der Waals surface area contributed by atoms with E-state index in [0.717, 1.165) is 16.4 Å². The largest absolute Gasteiger partial charge is 0.373 e. The second-order valence-electron chi connectivity index (χ2n) is 3.86. The highest BCUT2D eigenvalue weighted by atomic mass is 32.2. The highest BCUT2D eigenvalue weighted by Gasteiger charge is 2.06. The van der Waals surface area contributed by atoms with E-state index >= 15 is 0 Å². The minimum absolute atomic E-state index is 0.160. The molecule has 98 valence electrons. The summed E-state index contributed by atoms with van der Waals surface area (Å²) >= 11 is 1.67. The van der Waals surface area contributed by atoms with E-state index in [1.807, 2.05) is 30.5 Å². The van der Waals surface area contributed by atoms with Gasteiger partial charge in [0.25, 0.3) is 5.91 Å². The molecule has 4 nitrogen and oxygen atoms in total. The Hall–Kier alpha value is -2.01. The molecule has 0 aliphatic carbocycles. The quantitative estimate of drug-likeness (QED) is 0.840. The lowest BCUT2D eigenvalue weighted by atomic mass is 10.2. The van der Waals surface area contributed by atoms with Gasteiger partial charge in [-0.3, -0.25) is 4.79 Å². The number of rotatable bonds is 4. The summed E-state index contributed by atoms with van der Waals surface area (Å²) in [5.74, 6) is 0.577. The number of nitrogens with zero attached hydrogens (tertiary/aromatic N) is 1. The molecular weight excluding hydrogens is 258 g/mol. The second-order valence-corrected chi connectivity index (χ2v) is 4.74. The van der Waals surface area contributed by atoms with Crippen LogP contribution in [0.4, 0.5) is 11.5 Å². The van der Waals surface area contributed by atoms with E-state index in [-0.39, 0.29) is 5.91 Å². The number of amides is 1. The maximum atomic E-state index is 12.0. The molecule has 0 atom stereocenters. The van der Waals surface area contributed by atoms with E-state index in [9.17, 15) is 4.79 Å². The molecule has 1 amide bonds. The molecule has 5 heteroatoms. The summed E-state index contributed by atoms with van der Waals surface area (Å²) in [6, 6.07) is 11.2. The molecule has 1 heterocycles.